The molecule has 0 aliphatic carbocycles. The highest BCUT2D eigenvalue weighted by atomic mass is 32.2. The number of amides is 2. The Labute approximate surface area is 199 Å². The number of benzene rings is 2. The average molecular weight is 479 g/mol. The smallest absolute Gasteiger partial charge is 0.251 e. The van der Waals surface area contributed by atoms with E-state index in [1.54, 1.807) is 23.7 Å². The van der Waals surface area contributed by atoms with Gasteiger partial charge in [0.25, 0.3) is 5.91 Å². The molecule has 4 rings (SSSR count). The normalized spacial score (nSPS) is 10.7. The molecule has 4 aromatic rings. The van der Waals surface area contributed by atoms with Crippen LogP contribution in [-0.2, 0) is 11.3 Å². The summed E-state index contributed by atoms with van der Waals surface area (Å²) in [5, 5.41) is 17.2. The summed E-state index contributed by atoms with van der Waals surface area (Å²) >= 11 is 2.64. The van der Waals surface area contributed by atoms with E-state index in [1.165, 1.54) is 23.1 Å². The Morgan fingerprint density at radius 2 is 1.88 bits per heavy atom. The second-order valence-corrected chi connectivity index (χ2v) is 9.01. The Balaban J connectivity index is 1.56. The molecule has 0 aliphatic heterocycles. The number of carbonyl (C=O) groups is 2. The zero-order valence-electron chi connectivity index (χ0n) is 18.1. The average Bonchev–Trinajstić information content (AvgIpc) is 3.48. The lowest BCUT2D eigenvalue weighted by Crippen LogP contribution is -2.24. The van der Waals surface area contributed by atoms with E-state index in [9.17, 15) is 9.59 Å². The number of aromatic nitrogens is 4. The third kappa shape index (κ3) is 5.47. The number of carbonyl (C=O) groups excluding carboxylic acids is 2. The van der Waals surface area contributed by atoms with E-state index in [1.807, 2.05) is 54.8 Å². The molecule has 0 unspecified atom stereocenters. The van der Waals surface area contributed by atoms with Crippen LogP contribution in [0.5, 0.6) is 0 Å². The van der Waals surface area contributed by atoms with Crippen molar-refractivity contribution >= 4 is 40.0 Å². The Kier molecular flexibility index (Phi) is 7.16. The molecule has 2 N–H and O–H groups in total. The van der Waals surface area contributed by atoms with Gasteiger partial charge in [0.05, 0.1) is 18.0 Å². The first kappa shape index (κ1) is 22.7. The predicted octanol–water partition coefficient (Wildman–Crippen LogP) is 4.00. The third-order valence-corrected chi connectivity index (χ3v) is 6.59. The summed E-state index contributed by atoms with van der Waals surface area (Å²) in [6, 6.07) is 15.0. The monoisotopic (exact) mass is 478 g/mol. The van der Waals surface area contributed by atoms with Crippen LogP contribution in [0.2, 0.25) is 0 Å². The Hall–Kier alpha value is -3.50. The molecule has 2 aromatic carbocycles. The van der Waals surface area contributed by atoms with Crippen LogP contribution in [0.4, 0.5) is 5.13 Å². The molecule has 0 atom stereocenters. The van der Waals surface area contributed by atoms with Crippen molar-refractivity contribution in [2.24, 2.45) is 0 Å². The summed E-state index contributed by atoms with van der Waals surface area (Å²) in [6.07, 6.45) is 1.64. The number of thiazole rings is 1. The number of anilines is 1. The van der Waals surface area contributed by atoms with Crippen molar-refractivity contribution < 1.29 is 9.59 Å². The minimum absolute atomic E-state index is 0.152. The van der Waals surface area contributed by atoms with Crippen molar-refractivity contribution in [1.29, 1.82) is 0 Å². The van der Waals surface area contributed by atoms with Crippen LogP contribution in [0.3, 0.4) is 0 Å². The topological polar surface area (TPSA) is 102 Å². The van der Waals surface area contributed by atoms with Crippen LogP contribution in [0.15, 0.2) is 65.3 Å². The van der Waals surface area contributed by atoms with Crippen molar-refractivity contribution in [3.63, 3.8) is 0 Å². The molecule has 0 saturated carbocycles. The molecule has 0 aliphatic rings. The Morgan fingerprint density at radius 3 is 2.64 bits per heavy atom. The van der Waals surface area contributed by atoms with Crippen LogP contribution in [0.1, 0.15) is 27.3 Å². The molecule has 0 radical (unpaired) electrons. The minimum Gasteiger partial charge on any atom is -0.345 e. The van der Waals surface area contributed by atoms with Crippen molar-refractivity contribution in [2.75, 3.05) is 11.1 Å². The first-order chi connectivity index (χ1) is 16.0. The highest BCUT2D eigenvalue weighted by Crippen LogP contribution is 2.26. The molecule has 0 fully saturated rings. The Morgan fingerprint density at radius 1 is 1.06 bits per heavy atom. The van der Waals surface area contributed by atoms with Crippen LogP contribution in [0, 0.1) is 13.8 Å². The van der Waals surface area contributed by atoms with Gasteiger partial charge in [0.15, 0.2) is 16.1 Å². The van der Waals surface area contributed by atoms with Crippen molar-refractivity contribution in [2.45, 2.75) is 25.5 Å². The van der Waals surface area contributed by atoms with E-state index in [0.29, 0.717) is 21.7 Å². The first-order valence-electron chi connectivity index (χ1n) is 10.2. The fraction of sp³-hybridized carbons (Fsp3) is 0.174. The molecule has 2 aromatic heterocycles. The van der Waals surface area contributed by atoms with Crippen LogP contribution in [-0.4, -0.2) is 37.3 Å². The van der Waals surface area contributed by atoms with Gasteiger partial charge in [-0.1, -0.05) is 42.1 Å². The minimum atomic E-state index is -0.192. The molecule has 0 spiro atoms. The van der Waals surface area contributed by atoms with Gasteiger partial charge in [-0.05, 0) is 43.2 Å². The second kappa shape index (κ2) is 10.4. The van der Waals surface area contributed by atoms with Gasteiger partial charge >= 0.3 is 0 Å². The SMILES string of the molecule is Cc1cccc(-n2c(CNC(=O)c3ccccc3)nnc2SCC(=O)Nc2nccs2)c1C. The molecular formula is C23H22N6O2S2. The van der Waals surface area contributed by atoms with E-state index in [-0.39, 0.29) is 24.1 Å². The van der Waals surface area contributed by atoms with Crippen LogP contribution < -0.4 is 10.6 Å². The van der Waals surface area contributed by atoms with Crippen LogP contribution >= 0.6 is 23.1 Å². The van der Waals surface area contributed by atoms with Gasteiger partial charge < -0.3 is 10.6 Å². The number of hydrogen-bond donors (Lipinski definition) is 2. The molecule has 0 saturated heterocycles. The Bertz CT molecular complexity index is 1260. The van der Waals surface area contributed by atoms with Gasteiger partial charge in [-0.25, -0.2) is 4.98 Å². The summed E-state index contributed by atoms with van der Waals surface area (Å²) in [7, 11) is 0. The number of hydrogen-bond acceptors (Lipinski definition) is 7. The molecule has 0 bridgehead atoms. The summed E-state index contributed by atoms with van der Waals surface area (Å²) in [4.78, 5) is 29.0. The van der Waals surface area contributed by atoms with E-state index in [0.717, 1.165) is 16.8 Å². The third-order valence-electron chi connectivity index (χ3n) is 4.97. The maximum atomic E-state index is 12.5. The fourth-order valence-electron chi connectivity index (χ4n) is 3.15. The van der Waals surface area contributed by atoms with Crippen molar-refractivity contribution in [3.05, 3.63) is 82.6 Å². The van der Waals surface area contributed by atoms with Gasteiger partial charge in [-0.15, -0.1) is 21.5 Å². The second-order valence-electron chi connectivity index (χ2n) is 7.18. The molecule has 168 valence electrons. The quantitative estimate of drug-likeness (QED) is 0.371. The fourth-order valence-corrected chi connectivity index (χ4v) is 4.46. The number of thioether (sulfide) groups is 1. The maximum Gasteiger partial charge on any atom is 0.251 e. The lowest BCUT2D eigenvalue weighted by atomic mass is 10.1. The highest BCUT2D eigenvalue weighted by molar-refractivity contribution is 7.99. The standard InChI is InChI=1S/C23H22N6O2S2/c1-15-7-6-10-18(16(15)2)29-19(13-25-21(31)17-8-4-3-5-9-17)27-28-23(29)33-14-20(30)26-22-24-11-12-32-22/h3-12H,13-14H2,1-2H3,(H,25,31)(H,24,26,30). The number of rotatable bonds is 8. The van der Waals surface area contributed by atoms with Gasteiger partial charge in [-0.3, -0.25) is 14.2 Å². The van der Waals surface area contributed by atoms with E-state index in [4.69, 9.17) is 0 Å². The largest absolute Gasteiger partial charge is 0.345 e. The summed E-state index contributed by atoms with van der Waals surface area (Å²) < 4.78 is 1.90. The number of nitrogens with zero attached hydrogens (tertiary/aromatic N) is 4. The van der Waals surface area contributed by atoms with Gasteiger partial charge in [0.2, 0.25) is 5.91 Å². The van der Waals surface area contributed by atoms with Crippen molar-refractivity contribution in [3.8, 4) is 5.69 Å². The summed E-state index contributed by atoms with van der Waals surface area (Å²) in [5.74, 6) is 0.363. The first-order valence-corrected chi connectivity index (χ1v) is 12.1. The number of nitrogens with one attached hydrogen (secondary N) is 2. The number of aryl methyl sites for hydroxylation is 1. The van der Waals surface area contributed by atoms with Gasteiger partial charge in [0.1, 0.15) is 0 Å². The lowest BCUT2D eigenvalue weighted by Gasteiger charge is -2.14. The summed E-state index contributed by atoms with van der Waals surface area (Å²) in [5.41, 5.74) is 3.68. The molecular weight excluding hydrogens is 456 g/mol. The molecule has 33 heavy (non-hydrogen) atoms. The summed E-state index contributed by atoms with van der Waals surface area (Å²) in [6.45, 7) is 4.26. The van der Waals surface area contributed by atoms with Crippen LogP contribution in [0.25, 0.3) is 5.69 Å². The highest BCUT2D eigenvalue weighted by Gasteiger charge is 2.19. The molecule has 10 heteroatoms. The molecule has 8 nitrogen and oxygen atoms in total. The zero-order chi connectivity index (χ0) is 23.2. The van der Waals surface area contributed by atoms with E-state index < -0.39 is 0 Å². The lowest BCUT2D eigenvalue weighted by molar-refractivity contribution is -0.113. The maximum absolute atomic E-state index is 12.5. The van der Waals surface area contributed by atoms with E-state index >= 15 is 0 Å². The van der Waals surface area contributed by atoms with Gasteiger partial charge in [0, 0.05) is 17.1 Å². The van der Waals surface area contributed by atoms with Gasteiger partial charge in [-0.2, -0.15) is 0 Å². The predicted molar refractivity (Wildman–Crippen MR) is 130 cm³/mol. The van der Waals surface area contributed by atoms with E-state index in [2.05, 4.69) is 25.8 Å². The molecule has 2 amide bonds. The molecule has 2 heterocycles. The zero-order valence-corrected chi connectivity index (χ0v) is 19.7. The van der Waals surface area contributed by atoms with Crippen molar-refractivity contribution in [1.82, 2.24) is 25.1 Å².